The second-order valence-electron chi connectivity index (χ2n) is 12.0. The number of fused-ring (bicyclic) bond motifs is 1. The number of para-hydroxylation sites is 1. The molecule has 0 bridgehead atoms. The van der Waals surface area contributed by atoms with Crippen LogP contribution in [0.5, 0.6) is 5.75 Å². The monoisotopic (exact) mass is 543 g/mol. The molecule has 4 rings (SSSR count). The van der Waals surface area contributed by atoms with E-state index in [0.29, 0.717) is 23.6 Å². The quantitative estimate of drug-likeness (QED) is 0.443. The largest absolute Gasteiger partial charge is 0.496 e. The lowest BCUT2D eigenvalue weighted by Gasteiger charge is -2.35. The molecule has 3 atom stereocenters. The number of methoxy groups -OCH3 is 1. The first-order valence-corrected chi connectivity index (χ1v) is 13.4. The van der Waals surface area contributed by atoms with E-state index in [1.807, 2.05) is 57.2 Å². The summed E-state index contributed by atoms with van der Waals surface area (Å²) < 4.78 is 5.43. The molecule has 3 amide bonds. The standard InChI is InChI=1S/C31H37N5O4/c1-30(2,3)17-25(35(5)27(37)24-15-22-23(34-24)13-10-14-26(22)40-6)28(38)36-19-31(4,16-21(36)18-32)29(39)33-20-11-8-7-9-12-20/h7-15,21,25,34H,16-17,19H2,1-6H3,(H,33,39). The molecule has 0 spiro atoms. The van der Waals surface area contributed by atoms with E-state index < -0.39 is 17.5 Å². The number of hydrogen-bond acceptors (Lipinski definition) is 5. The second kappa shape index (κ2) is 11.0. The molecule has 2 heterocycles. The van der Waals surface area contributed by atoms with Crippen molar-refractivity contribution < 1.29 is 19.1 Å². The summed E-state index contributed by atoms with van der Waals surface area (Å²) in [5.41, 5.74) is 0.471. The fourth-order valence-corrected chi connectivity index (χ4v) is 5.32. The smallest absolute Gasteiger partial charge is 0.270 e. The van der Waals surface area contributed by atoms with E-state index in [2.05, 4.69) is 16.4 Å². The molecule has 1 fully saturated rings. The number of carbonyl (C=O) groups is 3. The van der Waals surface area contributed by atoms with Crippen LogP contribution >= 0.6 is 0 Å². The summed E-state index contributed by atoms with van der Waals surface area (Å²) in [7, 11) is 3.18. The number of amides is 3. The van der Waals surface area contributed by atoms with Crippen molar-refractivity contribution in [3.05, 3.63) is 60.3 Å². The number of benzene rings is 2. The van der Waals surface area contributed by atoms with Gasteiger partial charge in [-0.25, -0.2) is 0 Å². The van der Waals surface area contributed by atoms with Gasteiger partial charge in [-0.2, -0.15) is 5.26 Å². The van der Waals surface area contributed by atoms with Crippen molar-refractivity contribution in [2.24, 2.45) is 10.8 Å². The predicted molar refractivity (Wildman–Crippen MR) is 154 cm³/mol. The van der Waals surface area contributed by atoms with Gasteiger partial charge in [0.1, 0.15) is 23.5 Å². The van der Waals surface area contributed by atoms with Gasteiger partial charge >= 0.3 is 0 Å². The Labute approximate surface area is 235 Å². The summed E-state index contributed by atoms with van der Waals surface area (Å²) in [6.45, 7) is 7.86. The summed E-state index contributed by atoms with van der Waals surface area (Å²) in [6, 6.07) is 16.9. The van der Waals surface area contributed by atoms with Crippen molar-refractivity contribution in [3.63, 3.8) is 0 Å². The third-order valence-electron chi connectivity index (χ3n) is 7.50. The van der Waals surface area contributed by atoms with Gasteiger partial charge in [-0.05, 0) is 55.5 Å². The lowest BCUT2D eigenvalue weighted by atomic mass is 9.86. The molecule has 1 aliphatic rings. The number of aromatic amines is 1. The van der Waals surface area contributed by atoms with Crippen LogP contribution in [0.2, 0.25) is 0 Å². The summed E-state index contributed by atoms with van der Waals surface area (Å²) >= 11 is 0. The lowest BCUT2D eigenvalue weighted by Crippen LogP contribution is -2.52. The maximum absolute atomic E-state index is 14.1. The number of nitrogens with one attached hydrogen (secondary N) is 2. The Morgan fingerprint density at radius 2 is 1.90 bits per heavy atom. The Balaban J connectivity index is 1.61. The lowest BCUT2D eigenvalue weighted by molar-refractivity contribution is -0.137. The minimum Gasteiger partial charge on any atom is -0.496 e. The summed E-state index contributed by atoms with van der Waals surface area (Å²) in [5.74, 6) is -0.307. The van der Waals surface area contributed by atoms with E-state index in [0.717, 1.165) is 10.9 Å². The Bertz CT molecular complexity index is 1450. The fourth-order valence-electron chi connectivity index (χ4n) is 5.32. The number of hydrogen-bond donors (Lipinski definition) is 2. The summed E-state index contributed by atoms with van der Waals surface area (Å²) in [4.78, 5) is 47.2. The van der Waals surface area contributed by atoms with E-state index in [1.54, 1.807) is 39.3 Å². The molecular weight excluding hydrogens is 506 g/mol. The van der Waals surface area contributed by atoms with Crippen molar-refractivity contribution in [3.8, 4) is 11.8 Å². The van der Waals surface area contributed by atoms with Crippen molar-refractivity contribution in [1.82, 2.24) is 14.8 Å². The summed E-state index contributed by atoms with van der Waals surface area (Å²) in [6.07, 6.45) is 0.578. The van der Waals surface area contributed by atoms with Gasteiger partial charge in [0.15, 0.2) is 0 Å². The van der Waals surface area contributed by atoms with Crippen LogP contribution in [0.25, 0.3) is 10.9 Å². The first kappa shape index (κ1) is 28.7. The first-order valence-electron chi connectivity index (χ1n) is 13.4. The molecule has 40 heavy (non-hydrogen) atoms. The van der Waals surface area contributed by atoms with Crippen LogP contribution in [0.3, 0.4) is 0 Å². The van der Waals surface area contributed by atoms with Gasteiger partial charge in [0.2, 0.25) is 11.8 Å². The molecule has 210 valence electrons. The molecule has 0 saturated carbocycles. The molecule has 3 aromatic rings. The zero-order valence-electron chi connectivity index (χ0n) is 23.9. The van der Waals surface area contributed by atoms with Crippen LogP contribution in [-0.2, 0) is 9.59 Å². The van der Waals surface area contributed by atoms with Gasteiger partial charge in [0.25, 0.3) is 5.91 Å². The average molecular weight is 544 g/mol. The van der Waals surface area contributed by atoms with Crippen molar-refractivity contribution in [2.45, 2.75) is 52.6 Å². The van der Waals surface area contributed by atoms with E-state index in [4.69, 9.17) is 4.74 Å². The highest BCUT2D eigenvalue weighted by Crippen LogP contribution is 2.37. The van der Waals surface area contributed by atoms with Gasteiger partial charge < -0.3 is 24.8 Å². The maximum Gasteiger partial charge on any atom is 0.270 e. The molecule has 1 aliphatic heterocycles. The number of ether oxygens (including phenoxy) is 1. The van der Waals surface area contributed by atoms with E-state index >= 15 is 0 Å². The number of likely N-dealkylation sites (N-methyl/N-ethyl adjacent to an activating group) is 1. The number of nitrogens with zero attached hydrogens (tertiary/aromatic N) is 3. The van der Waals surface area contributed by atoms with Crippen molar-refractivity contribution in [2.75, 3.05) is 26.0 Å². The Kier molecular flexibility index (Phi) is 7.92. The van der Waals surface area contributed by atoms with Crippen LogP contribution in [0.15, 0.2) is 54.6 Å². The number of carbonyl (C=O) groups excluding carboxylic acids is 3. The Hall–Kier alpha value is -4.32. The second-order valence-corrected chi connectivity index (χ2v) is 12.0. The molecule has 1 aromatic heterocycles. The number of likely N-dealkylation sites (tertiary alicyclic amines) is 1. The van der Waals surface area contributed by atoms with E-state index in [1.165, 1.54) is 9.80 Å². The molecule has 9 heteroatoms. The van der Waals surface area contributed by atoms with E-state index in [9.17, 15) is 19.6 Å². The highest BCUT2D eigenvalue weighted by molar-refractivity contribution is 6.02. The summed E-state index contributed by atoms with van der Waals surface area (Å²) in [5, 5.41) is 13.7. The molecule has 9 nitrogen and oxygen atoms in total. The molecular formula is C31H37N5O4. The van der Waals surface area contributed by atoms with Gasteiger partial charge in [0, 0.05) is 30.2 Å². The number of rotatable bonds is 7. The number of aromatic nitrogens is 1. The Morgan fingerprint density at radius 1 is 1.20 bits per heavy atom. The highest BCUT2D eigenvalue weighted by Gasteiger charge is 2.50. The van der Waals surface area contributed by atoms with Crippen LogP contribution in [0, 0.1) is 22.2 Å². The molecule has 0 aliphatic carbocycles. The highest BCUT2D eigenvalue weighted by atomic mass is 16.5. The van der Waals surface area contributed by atoms with Gasteiger partial charge in [-0.3, -0.25) is 14.4 Å². The zero-order valence-corrected chi connectivity index (χ0v) is 23.9. The van der Waals surface area contributed by atoms with Gasteiger partial charge in [-0.1, -0.05) is 45.0 Å². The van der Waals surface area contributed by atoms with Crippen molar-refractivity contribution in [1.29, 1.82) is 5.26 Å². The molecule has 0 radical (unpaired) electrons. The Morgan fingerprint density at radius 3 is 2.52 bits per heavy atom. The normalized spacial score (nSPS) is 19.6. The molecule has 3 unspecified atom stereocenters. The fraction of sp³-hybridized carbons (Fsp3) is 0.419. The predicted octanol–water partition coefficient (Wildman–Crippen LogP) is 4.82. The van der Waals surface area contributed by atoms with Gasteiger partial charge in [0.05, 0.1) is 18.6 Å². The molecule has 2 aromatic carbocycles. The SMILES string of the molecule is COc1cccc2[nH]c(C(=O)N(C)C(CC(C)(C)C)C(=O)N3CC(C)(C(=O)Nc4ccccc4)CC3C#N)cc12. The van der Waals surface area contributed by atoms with E-state index in [-0.39, 0.29) is 36.1 Å². The minimum absolute atomic E-state index is 0.0784. The third-order valence-corrected chi connectivity index (χ3v) is 7.50. The topological polar surface area (TPSA) is 119 Å². The zero-order chi connectivity index (χ0) is 29.2. The third kappa shape index (κ3) is 5.81. The average Bonchev–Trinajstić information content (AvgIpc) is 3.52. The minimum atomic E-state index is -0.964. The first-order chi connectivity index (χ1) is 18.9. The number of anilines is 1. The van der Waals surface area contributed by atoms with Crippen molar-refractivity contribution >= 4 is 34.3 Å². The molecule has 1 saturated heterocycles. The van der Waals surface area contributed by atoms with Gasteiger partial charge in [-0.15, -0.1) is 0 Å². The van der Waals surface area contributed by atoms with Crippen LogP contribution in [-0.4, -0.2) is 65.3 Å². The number of H-pyrrole nitrogens is 1. The van der Waals surface area contributed by atoms with Crippen LogP contribution < -0.4 is 10.1 Å². The number of nitriles is 1. The van der Waals surface area contributed by atoms with Crippen LogP contribution in [0.4, 0.5) is 5.69 Å². The molecule has 2 N–H and O–H groups in total. The van der Waals surface area contributed by atoms with Crippen LogP contribution in [0.1, 0.15) is 51.0 Å². The maximum atomic E-state index is 14.1.